The van der Waals surface area contributed by atoms with Gasteiger partial charge < -0.3 is 16.0 Å². The number of nitrogens with two attached hydrogens (primary N) is 1. The molecule has 1 aliphatic heterocycles. The van der Waals surface area contributed by atoms with Crippen molar-refractivity contribution in [3.63, 3.8) is 0 Å². The first-order valence-corrected chi connectivity index (χ1v) is 7.14. The van der Waals surface area contributed by atoms with Gasteiger partial charge >= 0.3 is 6.03 Å². The summed E-state index contributed by atoms with van der Waals surface area (Å²) in [6.45, 7) is 1.39. The normalized spacial score (nSPS) is 18.5. The van der Waals surface area contributed by atoms with Crippen molar-refractivity contribution in [1.82, 2.24) is 14.7 Å². The quantitative estimate of drug-likeness (QED) is 0.883. The van der Waals surface area contributed by atoms with Gasteiger partial charge in [-0.25, -0.2) is 9.48 Å². The maximum atomic E-state index is 12.2. The lowest BCUT2D eigenvalue weighted by Crippen LogP contribution is -2.47. The second-order valence-corrected chi connectivity index (χ2v) is 5.28. The highest BCUT2D eigenvalue weighted by Gasteiger charge is 2.21. The number of carbonyl (C=O) groups is 1. The molecule has 6 nitrogen and oxygen atoms in total. The first kappa shape index (κ1) is 13.6. The summed E-state index contributed by atoms with van der Waals surface area (Å²) in [5, 5.41) is 7.07. The predicted molar refractivity (Wildman–Crippen MR) is 81.4 cm³/mol. The van der Waals surface area contributed by atoms with Gasteiger partial charge in [-0.2, -0.15) is 5.10 Å². The second kappa shape index (κ2) is 5.97. The number of amides is 2. The second-order valence-electron chi connectivity index (χ2n) is 5.28. The number of hydrogen-bond acceptors (Lipinski definition) is 3. The molecule has 2 amide bonds. The Hall–Kier alpha value is -2.34. The molecule has 0 bridgehead atoms. The summed E-state index contributed by atoms with van der Waals surface area (Å²) in [6, 6.07) is 9.46. The Morgan fingerprint density at radius 3 is 2.81 bits per heavy atom. The van der Waals surface area contributed by atoms with Gasteiger partial charge in [-0.05, 0) is 43.2 Å². The number of benzene rings is 1. The van der Waals surface area contributed by atoms with Crippen LogP contribution in [0.3, 0.4) is 0 Å². The van der Waals surface area contributed by atoms with Crippen molar-refractivity contribution in [2.75, 3.05) is 18.4 Å². The van der Waals surface area contributed by atoms with Crippen LogP contribution < -0.4 is 11.1 Å². The van der Waals surface area contributed by atoms with Crippen molar-refractivity contribution >= 4 is 11.7 Å². The molecule has 0 spiro atoms. The van der Waals surface area contributed by atoms with Crippen LogP contribution in [-0.2, 0) is 0 Å². The van der Waals surface area contributed by atoms with Crippen molar-refractivity contribution in [2.24, 2.45) is 5.73 Å². The Kier molecular flexibility index (Phi) is 3.87. The molecule has 21 heavy (non-hydrogen) atoms. The Morgan fingerprint density at radius 1 is 1.33 bits per heavy atom. The Balaban J connectivity index is 1.63. The van der Waals surface area contributed by atoms with Crippen LogP contribution >= 0.6 is 0 Å². The molecule has 1 fully saturated rings. The zero-order valence-corrected chi connectivity index (χ0v) is 11.8. The van der Waals surface area contributed by atoms with Crippen LogP contribution in [0.15, 0.2) is 42.7 Å². The van der Waals surface area contributed by atoms with E-state index in [-0.39, 0.29) is 12.1 Å². The summed E-state index contributed by atoms with van der Waals surface area (Å²) in [5.41, 5.74) is 7.63. The molecule has 6 heteroatoms. The summed E-state index contributed by atoms with van der Waals surface area (Å²) in [5.74, 6) is 0. The largest absolute Gasteiger partial charge is 0.326 e. The van der Waals surface area contributed by atoms with E-state index in [2.05, 4.69) is 10.4 Å². The third kappa shape index (κ3) is 3.22. The molecule has 2 heterocycles. The molecule has 0 saturated carbocycles. The summed E-state index contributed by atoms with van der Waals surface area (Å²) < 4.78 is 1.77. The molecular weight excluding hydrogens is 266 g/mol. The highest BCUT2D eigenvalue weighted by Crippen LogP contribution is 2.15. The summed E-state index contributed by atoms with van der Waals surface area (Å²) in [6.07, 6.45) is 5.56. The van der Waals surface area contributed by atoms with Crippen molar-refractivity contribution in [1.29, 1.82) is 0 Å². The van der Waals surface area contributed by atoms with E-state index in [9.17, 15) is 4.79 Å². The van der Waals surface area contributed by atoms with E-state index in [0.29, 0.717) is 6.54 Å². The Bertz CT molecular complexity index is 593. The standard InChI is InChI=1S/C15H19N5O/c16-12-3-1-9-19(11-12)15(21)18-13-4-6-14(7-5-13)20-10-2-8-17-20/h2,4-8,10,12H,1,3,9,11,16H2,(H,18,21). The molecule has 2 aromatic rings. The molecule has 0 aliphatic carbocycles. The van der Waals surface area contributed by atoms with Crippen molar-refractivity contribution in [3.05, 3.63) is 42.7 Å². The molecule has 1 saturated heterocycles. The molecule has 0 radical (unpaired) electrons. The number of urea groups is 1. The van der Waals surface area contributed by atoms with Crippen LogP contribution in [0.5, 0.6) is 0 Å². The maximum Gasteiger partial charge on any atom is 0.321 e. The van der Waals surface area contributed by atoms with Gasteiger partial charge in [-0.15, -0.1) is 0 Å². The fraction of sp³-hybridized carbons (Fsp3) is 0.333. The van der Waals surface area contributed by atoms with Crippen molar-refractivity contribution < 1.29 is 4.79 Å². The smallest absolute Gasteiger partial charge is 0.321 e. The SMILES string of the molecule is NC1CCCN(C(=O)Nc2ccc(-n3cccn3)cc2)C1. The first-order valence-electron chi connectivity index (χ1n) is 7.14. The number of nitrogens with one attached hydrogen (secondary N) is 1. The molecule has 3 N–H and O–H groups in total. The number of hydrogen-bond donors (Lipinski definition) is 2. The van der Waals surface area contributed by atoms with Crippen LogP contribution in [0.1, 0.15) is 12.8 Å². The van der Waals surface area contributed by atoms with Gasteiger partial charge in [0, 0.05) is 37.2 Å². The van der Waals surface area contributed by atoms with Crippen LogP contribution in [0.25, 0.3) is 5.69 Å². The van der Waals surface area contributed by atoms with Crippen LogP contribution in [0.2, 0.25) is 0 Å². The molecule has 1 aromatic carbocycles. The minimum absolute atomic E-state index is 0.0861. The zero-order valence-electron chi connectivity index (χ0n) is 11.8. The first-order chi connectivity index (χ1) is 10.2. The van der Waals surface area contributed by atoms with Gasteiger partial charge in [-0.1, -0.05) is 0 Å². The molecule has 1 aromatic heterocycles. The lowest BCUT2D eigenvalue weighted by atomic mass is 10.1. The van der Waals surface area contributed by atoms with Crippen LogP contribution in [0.4, 0.5) is 10.5 Å². The van der Waals surface area contributed by atoms with Gasteiger partial charge in [0.1, 0.15) is 0 Å². The lowest BCUT2D eigenvalue weighted by molar-refractivity contribution is 0.193. The summed E-state index contributed by atoms with van der Waals surface area (Å²) in [4.78, 5) is 13.9. The van der Waals surface area contributed by atoms with Gasteiger partial charge in [0.25, 0.3) is 0 Å². The highest BCUT2D eigenvalue weighted by molar-refractivity contribution is 5.89. The van der Waals surface area contributed by atoms with E-state index in [1.807, 2.05) is 36.5 Å². The van der Waals surface area contributed by atoms with E-state index in [4.69, 9.17) is 5.73 Å². The van der Waals surface area contributed by atoms with Crippen LogP contribution in [-0.4, -0.2) is 39.8 Å². The van der Waals surface area contributed by atoms with Gasteiger partial charge in [0.15, 0.2) is 0 Å². The lowest BCUT2D eigenvalue weighted by Gasteiger charge is -2.30. The van der Waals surface area contributed by atoms with Crippen LogP contribution in [0, 0.1) is 0 Å². The minimum atomic E-state index is -0.0861. The van der Waals surface area contributed by atoms with Crippen molar-refractivity contribution in [2.45, 2.75) is 18.9 Å². The molecule has 1 unspecified atom stereocenters. The maximum absolute atomic E-state index is 12.2. The predicted octanol–water partition coefficient (Wildman–Crippen LogP) is 1.83. The molecule has 3 rings (SSSR count). The summed E-state index contributed by atoms with van der Waals surface area (Å²) in [7, 11) is 0. The monoisotopic (exact) mass is 285 g/mol. The number of aromatic nitrogens is 2. The third-order valence-corrected chi connectivity index (χ3v) is 3.63. The Morgan fingerprint density at radius 2 is 2.14 bits per heavy atom. The summed E-state index contributed by atoms with van der Waals surface area (Å²) >= 11 is 0. The Labute approximate surface area is 123 Å². The number of nitrogens with zero attached hydrogens (tertiary/aromatic N) is 3. The fourth-order valence-electron chi connectivity index (χ4n) is 2.52. The van der Waals surface area contributed by atoms with Gasteiger partial charge in [-0.3, -0.25) is 0 Å². The molecule has 1 aliphatic rings. The van der Waals surface area contributed by atoms with Crippen molar-refractivity contribution in [3.8, 4) is 5.69 Å². The third-order valence-electron chi connectivity index (χ3n) is 3.63. The van der Waals surface area contributed by atoms with E-state index in [1.165, 1.54) is 0 Å². The van der Waals surface area contributed by atoms with Gasteiger partial charge in [0.05, 0.1) is 5.69 Å². The minimum Gasteiger partial charge on any atom is -0.326 e. The van der Waals surface area contributed by atoms with E-state index < -0.39 is 0 Å². The molecular formula is C15H19N5O. The van der Waals surface area contributed by atoms with E-state index in [0.717, 1.165) is 30.8 Å². The topological polar surface area (TPSA) is 76.2 Å². The van der Waals surface area contributed by atoms with E-state index in [1.54, 1.807) is 15.8 Å². The zero-order chi connectivity index (χ0) is 14.7. The molecule has 110 valence electrons. The fourth-order valence-corrected chi connectivity index (χ4v) is 2.52. The molecule has 1 atom stereocenters. The number of likely N-dealkylation sites (tertiary alicyclic amines) is 1. The highest BCUT2D eigenvalue weighted by atomic mass is 16.2. The van der Waals surface area contributed by atoms with E-state index >= 15 is 0 Å². The number of anilines is 1. The number of rotatable bonds is 2. The average Bonchev–Trinajstić information content (AvgIpc) is 3.02. The number of piperidine rings is 1. The average molecular weight is 285 g/mol. The number of carbonyl (C=O) groups excluding carboxylic acids is 1. The van der Waals surface area contributed by atoms with Gasteiger partial charge in [0.2, 0.25) is 0 Å².